The number of carbonyl (C=O) groups is 3. The molecule has 0 atom stereocenters. The Balaban J connectivity index is 0.000000823. The Hall–Kier alpha value is -2.68. The normalized spacial score (nSPS) is 9.80. The van der Waals surface area contributed by atoms with Gasteiger partial charge in [0.25, 0.3) is 0 Å². The maximum absolute atomic E-state index is 11.5. The molecule has 0 radical (unpaired) electrons. The number of aromatic nitrogens is 1. The quantitative estimate of drug-likeness (QED) is 0.533. The van der Waals surface area contributed by atoms with E-state index in [0.29, 0.717) is 18.9 Å². The predicted molar refractivity (Wildman–Crippen MR) is 88.6 cm³/mol. The number of ether oxygens (including phenoxy) is 2. The van der Waals surface area contributed by atoms with Crippen LogP contribution >= 0.6 is 0 Å². The van der Waals surface area contributed by atoms with Crippen LogP contribution in [0.5, 0.6) is 5.75 Å². The van der Waals surface area contributed by atoms with Crippen LogP contribution in [0.3, 0.4) is 0 Å². The summed E-state index contributed by atoms with van der Waals surface area (Å²) in [6, 6.07) is 3.71. The van der Waals surface area contributed by atoms with Crippen molar-refractivity contribution in [3.05, 3.63) is 23.5 Å². The smallest absolute Gasteiger partial charge is 0.414 e. The van der Waals surface area contributed by atoms with Gasteiger partial charge in [0.15, 0.2) is 6.61 Å². The first-order chi connectivity index (χ1) is 11.7. The molecule has 0 spiro atoms. The number of aryl methyl sites for hydroxylation is 2. The third-order valence-corrected chi connectivity index (χ3v) is 2.74. The highest BCUT2D eigenvalue weighted by Gasteiger charge is 2.08. The van der Waals surface area contributed by atoms with Crippen LogP contribution in [0.2, 0.25) is 0 Å². The third-order valence-electron chi connectivity index (χ3n) is 2.74. The van der Waals surface area contributed by atoms with Crippen LogP contribution in [0.25, 0.3) is 0 Å². The number of carbonyl (C=O) groups excluding carboxylic acids is 1. The van der Waals surface area contributed by atoms with Crippen molar-refractivity contribution in [3.8, 4) is 5.75 Å². The Morgan fingerprint density at radius 3 is 2.24 bits per heavy atom. The van der Waals surface area contributed by atoms with E-state index >= 15 is 0 Å². The summed E-state index contributed by atoms with van der Waals surface area (Å²) in [6.07, 6.45) is 0.771. The van der Waals surface area contributed by atoms with Gasteiger partial charge in [0.1, 0.15) is 12.4 Å². The Labute approximate surface area is 146 Å². The molecular formula is C16H24N2O7. The number of nitrogens with zero attached hydrogens (tertiary/aromatic N) is 2. The van der Waals surface area contributed by atoms with Crippen LogP contribution in [-0.4, -0.2) is 71.9 Å². The maximum atomic E-state index is 11.5. The number of carboxylic acids is 2. The highest BCUT2D eigenvalue weighted by atomic mass is 16.6. The molecule has 0 fully saturated rings. The Morgan fingerprint density at radius 2 is 1.76 bits per heavy atom. The summed E-state index contributed by atoms with van der Waals surface area (Å²) in [4.78, 5) is 36.0. The molecule has 0 aliphatic rings. The molecule has 0 bridgehead atoms. The SMILES string of the molecule is CCc1nc(C)ccc1OCC(=O)OCCN(C)C.O=C(O)C(=O)O. The largest absolute Gasteiger partial charge is 0.480 e. The molecule has 0 saturated carbocycles. The average Bonchev–Trinajstić information content (AvgIpc) is 2.53. The van der Waals surface area contributed by atoms with Gasteiger partial charge in [0.05, 0.1) is 5.69 Å². The zero-order valence-electron chi connectivity index (χ0n) is 14.8. The molecule has 9 heteroatoms. The molecule has 1 aromatic rings. The van der Waals surface area contributed by atoms with Gasteiger partial charge in [-0.3, -0.25) is 4.98 Å². The topological polar surface area (TPSA) is 126 Å². The van der Waals surface area contributed by atoms with Gasteiger partial charge in [0, 0.05) is 12.2 Å². The van der Waals surface area contributed by atoms with Crippen molar-refractivity contribution in [3.63, 3.8) is 0 Å². The summed E-state index contributed by atoms with van der Waals surface area (Å²) in [5.41, 5.74) is 1.80. The zero-order chi connectivity index (χ0) is 19.4. The van der Waals surface area contributed by atoms with E-state index in [0.717, 1.165) is 17.8 Å². The van der Waals surface area contributed by atoms with E-state index in [4.69, 9.17) is 29.3 Å². The highest BCUT2D eigenvalue weighted by molar-refractivity contribution is 6.27. The van der Waals surface area contributed by atoms with Gasteiger partial charge in [-0.25, -0.2) is 14.4 Å². The number of aliphatic carboxylic acids is 2. The minimum Gasteiger partial charge on any atom is -0.480 e. The van der Waals surface area contributed by atoms with Crippen molar-refractivity contribution < 1.29 is 34.1 Å². The number of hydrogen-bond donors (Lipinski definition) is 2. The summed E-state index contributed by atoms with van der Waals surface area (Å²) in [6.45, 7) is 4.94. The third kappa shape index (κ3) is 10.7. The highest BCUT2D eigenvalue weighted by Crippen LogP contribution is 2.17. The number of carboxylic acid groups (broad SMARTS) is 2. The summed E-state index contributed by atoms with van der Waals surface area (Å²) >= 11 is 0. The Bertz CT molecular complexity index is 576. The lowest BCUT2D eigenvalue weighted by Crippen LogP contribution is -2.23. The van der Waals surface area contributed by atoms with Crippen molar-refractivity contribution >= 4 is 17.9 Å². The number of rotatable bonds is 7. The van der Waals surface area contributed by atoms with Gasteiger partial charge in [-0.1, -0.05) is 6.92 Å². The molecular weight excluding hydrogens is 332 g/mol. The first-order valence-electron chi connectivity index (χ1n) is 7.53. The fraction of sp³-hybridized carbons (Fsp3) is 0.500. The molecule has 0 aliphatic heterocycles. The summed E-state index contributed by atoms with van der Waals surface area (Å²) < 4.78 is 10.5. The summed E-state index contributed by atoms with van der Waals surface area (Å²) in [5, 5.41) is 14.8. The van der Waals surface area contributed by atoms with Crippen LogP contribution in [-0.2, 0) is 25.5 Å². The van der Waals surface area contributed by atoms with Crippen LogP contribution in [0.1, 0.15) is 18.3 Å². The Morgan fingerprint density at radius 1 is 1.16 bits per heavy atom. The standard InChI is InChI=1S/C14H22N2O3.C2H2O4/c1-5-12-13(7-6-11(2)15-12)19-10-14(17)18-9-8-16(3)4;3-1(4)2(5)6/h6-7H,5,8-10H2,1-4H3;(H,3,4)(H,5,6). The molecule has 2 N–H and O–H groups in total. The second kappa shape index (κ2) is 11.8. The van der Waals surface area contributed by atoms with Crippen molar-refractivity contribution in [2.75, 3.05) is 33.9 Å². The molecule has 1 rings (SSSR count). The maximum Gasteiger partial charge on any atom is 0.414 e. The van der Waals surface area contributed by atoms with Crippen molar-refractivity contribution in [2.24, 2.45) is 0 Å². The lowest BCUT2D eigenvalue weighted by Gasteiger charge is -2.12. The van der Waals surface area contributed by atoms with Gasteiger partial charge in [-0.2, -0.15) is 0 Å². The van der Waals surface area contributed by atoms with E-state index in [1.807, 2.05) is 45.0 Å². The van der Waals surface area contributed by atoms with Crippen LogP contribution in [0.15, 0.2) is 12.1 Å². The molecule has 1 heterocycles. The molecule has 0 saturated heterocycles. The minimum absolute atomic E-state index is 0.0782. The number of likely N-dealkylation sites (N-methyl/N-ethyl adjacent to an activating group) is 1. The zero-order valence-corrected chi connectivity index (χ0v) is 14.8. The number of pyridine rings is 1. The second-order valence-electron chi connectivity index (χ2n) is 5.17. The van der Waals surface area contributed by atoms with Gasteiger partial charge in [-0.05, 0) is 39.6 Å². The Kier molecular flexibility index (Phi) is 10.5. The predicted octanol–water partition coefficient (Wildman–Crippen LogP) is 0.592. The molecule has 0 aromatic carbocycles. The van der Waals surface area contributed by atoms with Crippen LogP contribution in [0.4, 0.5) is 0 Å². The average molecular weight is 356 g/mol. The van der Waals surface area contributed by atoms with E-state index in [1.54, 1.807) is 0 Å². The lowest BCUT2D eigenvalue weighted by molar-refractivity contribution is -0.159. The van der Waals surface area contributed by atoms with E-state index in [1.165, 1.54) is 0 Å². The molecule has 0 unspecified atom stereocenters. The fourth-order valence-electron chi connectivity index (χ4n) is 1.50. The van der Waals surface area contributed by atoms with Crippen molar-refractivity contribution in [2.45, 2.75) is 20.3 Å². The molecule has 140 valence electrons. The fourth-order valence-corrected chi connectivity index (χ4v) is 1.50. The van der Waals surface area contributed by atoms with Gasteiger partial charge in [-0.15, -0.1) is 0 Å². The van der Waals surface area contributed by atoms with Crippen LogP contribution < -0.4 is 4.74 Å². The number of hydrogen-bond acceptors (Lipinski definition) is 7. The molecule has 25 heavy (non-hydrogen) atoms. The monoisotopic (exact) mass is 356 g/mol. The first-order valence-corrected chi connectivity index (χ1v) is 7.53. The lowest BCUT2D eigenvalue weighted by atomic mass is 10.2. The molecule has 1 aromatic heterocycles. The summed E-state index contributed by atoms with van der Waals surface area (Å²) in [7, 11) is 3.85. The second-order valence-corrected chi connectivity index (χ2v) is 5.17. The molecule has 0 amide bonds. The van der Waals surface area contributed by atoms with Crippen molar-refractivity contribution in [1.29, 1.82) is 0 Å². The van der Waals surface area contributed by atoms with Crippen molar-refractivity contribution in [1.82, 2.24) is 9.88 Å². The van der Waals surface area contributed by atoms with E-state index < -0.39 is 11.9 Å². The van der Waals surface area contributed by atoms with Gasteiger partial charge in [0.2, 0.25) is 0 Å². The van der Waals surface area contributed by atoms with E-state index in [2.05, 4.69) is 4.98 Å². The van der Waals surface area contributed by atoms with Gasteiger partial charge >= 0.3 is 17.9 Å². The van der Waals surface area contributed by atoms with E-state index in [9.17, 15) is 4.79 Å². The van der Waals surface area contributed by atoms with Gasteiger partial charge < -0.3 is 24.6 Å². The first kappa shape index (κ1) is 22.3. The number of esters is 1. The minimum atomic E-state index is -1.82. The van der Waals surface area contributed by atoms with Crippen LogP contribution in [0, 0.1) is 6.92 Å². The van der Waals surface area contributed by atoms with E-state index in [-0.39, 0.29) is 12.6 Å². The molecule has 9 nitrogen and oxygen atoms in total. The molecule has 0 aliphatic carbocycles. The summed E-state index contributed by atoms with van der Waals surface area (Å²) in [5.74, 6) is -3.35.